The lowest BCUT2D eigenvalue weighted by molar-refractivity contribution is -0.127. The molecule has 8 heteroatoms. The van der Waals surface area contributed by atoms with Crippen molar-refractivity contribution in [1.29, 1.82) is 5.26 Å². The van der Waals surface area contributed by atoms with Crippen LogP contribution in [0.3, 0.4) is 0 Å². The van der Waals surface area contributed by atoms with Crippen LogP contribution in [0.25, 0.3) is 11.0 Å². The molecule has 0 aliphatic carbocycles. The number of likely N-dealkylation sites (tertiary alicyclic amines) is 1. The van der Waals surface area contributed by atoms with E-state index in [9.17, 15) is 14.9 Å². The van der Waals surface area contributed by atoms with Gasteiger partial charge in [0, 0.05) is 36.8 Å². The van der Waals surface area contributed by atoms with Gasteiger partial charge in [-0.05, 0) is 56.9 Å². The fraction of sp³-hybridized carbons (Fsp3) is 0.370. The number of hydrogen-bond acceptors (Lipinski definition) is 6. The average molecular weight is 471 g/mol. The van der Waals surface area contributed by atoms with Gasteiger partial charge in [0.25, 0.3) is 5.56 Å². The van der Waals surface area contributed by atoms with E-state index in [4.69, 9.17) is 0 Å². The van der Waals surface area contributed by atoms with Gasteiger partial charge in [-0.3, -0.25) is 14.2 Å². The number of anilines is 1. The predicted octanol–water partition coefficient (Wildman–Crippen LogP) is 4.12. The molecule has 1 aliphatic heterocycles. The normalized spacial score (nSPS) is 16.0. The second-order valence-electron chi connectivity index (χ2n) is 9.32. The second-order valence-corrected chi connectivity index (χ2v) is 9.32. The lowest BCUT2D eigenvalue weighted by Crippen LogP contribution is -2.44. The SMILES string of the molecule is C=CC(=O)N1CCC(C#N)(c2ccc(C(C)Nc3ncc4ccc(=O)n(C(C)C)c4n3)cc2)CC1. The quantitative estimate of drug-likeness (QED) is 0.544. The molecule has 1 aliphatic rings. The molecule has 4 rings (SSSR count). The maximum absolute atomic E-state index is 12.3. The highest BCUT2D eigenvalue weighted by Gasteiger charge is 2.37. The van der Waals surface area contributed by atoms with Crippen LogP contribution in [-0.4, -0.2) is 38.4 Å². The predicted molar refractivity (Wildman–Crippen MR) is 136 cm³/mol. The highest BCUT2D eigenvalue weighted by molar-refractivity contribution is 5.87. The van der Waals surface area contributed by atoms with Gasteiger partial charge in [0.15, 0.2) is 0 Å². The number of nitrogens with one attached hydrogen (secondary N) is 1. The summed E-state index contributed by atoms with van der Waals surface area (Å²) < 4.78 is 1.66. The number of rotatable bonds is 6. The first-order valence-electron chi connectivity index (χ1n) is 11.9. The molecule has 180 valence electrons. The molecule has 3 heterocycles. The van der Waals surface area contributed by atoms with Gasteiger partial charge in [-0.15, -0.1) is 0 Å². The summed E-state index contributed by atoms with van der Waals surface area (Å²) in [5, 5.41) is 14.1. The van der Waals surface area contributed by atoms with Crippen LogP contribution in [0.1, 0.15) is 56.8 Å². The van der Waals surface area contributed by atoms with E-state index < -0.39 is 5.41 Å². The summed E-state index contributed by atoms with van der Waals surface area (Å²) in [6.45, 7) is 10.6. The van der Waals surface area contributed by atoms with Crippen molar-refractivity contribution < 1.29 is 4.79 Å². The Hall–Kier alpha value is -3.99. The van der Waals surface area contributed by atoms with E-state index in [1.54, 1.807) is 21.7 Å². The Kier molecular flexibility index (Phi) is 6.70. The maximum Gasteiger partial charge on any atom is 0.252 e. The third-order valence-corrected chi connectivity index (χ3v) is 6.81. The lowest BCUT2D eigenvalue weighted by atomic mass is 9.74. The van der Waals surface area contributed by atoms with Gasteiger partial charge in [-0.25, -0.2) is 4.98 Å². The monoisotopic (exact) mass is 470 g/mol. The van der Waals surface area contributed by atoms with Crippen LogP contribution < -0.4 is 10.9 Å². The Labute approximate surface area is 204 Å². The van der Waals surface area contributed by atoms with Crippen LogP contribution in [0, 0.1) is 11.3 Å². The summed E-state index contributed by atoms with van der Waals surface area (Å²) >= 11 is 0. The van der Waals surface area contributed by atoms with Crippen LogP contribution in [0.2, 0.25) is 0 Å². The highest BCUT2D eigenvalue weighted by Crippen LogP contribution is 2.35. The van der Waals surface area contributed by atoms with Crippen molar-refractivity contribution in [3.63, 3.8) is 0 Å². The van der Waals surface area contributed by atoms with Crippen molar-refractivity contribution in [2.75, 3.05) is 18.4 Å². The molecule has 1 unspecified atom stereocenters. The molecule has 1 fully saturated rings. The Balaban J connectivity index is 1.52. The topological polar surface area (TPSA) is 104 Å². The molecule has 1 amide bonds. The van der Waals surface area contributed by atoms with E-state index in [1.165, 1.54) is 12.1 Å². The van der Waals surface area contributed by atoms with Crippen LogP contribution in [0.4, 0.5) is 5.95 Å². The fourth-order valence-electron chi connectivity index (χ4n) is 4.68. The minimum atomic E-state index is -0.602. The molecule has 8 nitrogen and oxygen atoms in total. The number of benzene rings is 1. The molecule has 0 bridgehead atoms. The summed E-state index contributed by atoms with van der Waals surface area (Å²) in [5.41, 5.74) is 1.90. The zero-order valence-electron chi connectivity index (χ0n) is 20.4. The first kappa shape index (κ1) is 24.1. The standard InChI is InChI=1S/C27H30N6O2/c1-5-23(34)32-14-12-27(17-28,13-15-32)22-9-6-20(7-10-22)19(4)30-26-29-16-21-8-11-24(35)33(18(2)3)25(21)31-26/h5-11,16,18-19H,1,12-15H2,2-4H3,(H,29,30,31). The zero-order valence-corrected chi connectivity index (χ0v) is 20.4. The molecule has 2 aromatic heterocycles. The number of carbonyl (C=O) groups excluding carboxylic acids is 1. The number of nitrogens with zero attached hydrogens (tertiary/aromatic N) is 5. The molecule has 0 saturated carbocycles. The van der Waals surface area contributed by atoms with Crippen molar-refractivity contribution in [3.05, 3.63) is 76.7 Å². The van der Waals surface area contributed by atoms with Crippen LogP contribution in [-0.2, 0) is 10.2 Å². The minimum Gasteiger partial charge on any atom is -0.348 e. The largest absolute Gasteiger partial charge is 0.348 e. The average Bonchev–Trinajstić information content (AvgIpc) is 2.88. The minimum absolute atomic E-state index is 0.0202. The molecule has 1 atom stereocenters. The van der Waals surface area contributed by atoms with E-state index in [-0.39, 0.29) is 23.6 Å². The summed E-state index contributed by atoms with van der Waals surface area (Å²) in [7, 11) is 0. The zero-order chi connectivity index (χ0) is 25.2. The first-order valence-corrected chi connectivity index (χ1v) is 11.9. The summed E-state index contributed by atoms with van der Waals surface area (Å²) in [6, 6.07) is 13.7. The Morgan fingerprint density at radius 1 is 1.17 bits per heavy atom. The summed E-state index contributed by atoms with van der Waals surface area (Å²) in [4.78, 5) is 35.0. The third kappa shape index (κ3) is 4.67. The number of pyridine rings is 1. The number of aromatic nitrogens is 3. The van der Waals surface area contributed by atoms with Gasteiger partial charge in [-0.2, -0.15) is 10.2 Å². The van der Waals surface area contributed by atoms with Gasteiger partial charge in [-0.1, -0.05) is 30.8 Å². The third-order valence-electron chi connectivity index (χ3n) is 6.81. The van der Waals surface area contributed by atoms with Crippen LogP contribution in [0.5, 0.6) is 0 Å². The summed E-state index contributed by atoms with van der Waals surface area (Å²) in [6.07, 6.45) is 4.24. The molecule has 3 aromatic rings. The molecule has 0 radical (unpaired) electrons. The maximum atomic E-state index is 12.3. The number of hydrogen-bond donors (Lipinski definition) is 1. The van der Waals surface area contributed by atoms with Gasteiger partial charge in [0.2, 0.25) is 11.9 Å². The number of carbonyl (C=O) groups is 1. The van der Waals surface area contributed by atoms with Gasteiger partial charge in [0.05, 0.1) is 17.5 Å². The van der Waals surface area contributed by atoms with E-state index in [0.717, 1.165) is 16.5 Å². The van der Waals surface area contributed by atoms with Crippen LogP contribution in [0.15, 0.2) is 60.0 Å². The van der Waals surface area contributed by atoms with Crippen molar-refractivity contribution >= 4 is 22.9 Å². The van der Waals surface area contributed by atoms with Crippen LogP contribution >= 0.6 is 0 Å². The molecule has 0 spiro atoms. The van der Waals surface area contributed by atoms with Crippen molar-refractivity contribution in [1.82, 2.24) is 19.4 Å². The lowest BCUT2D eigenvalue weighted by Gasteiger charge is -2.37. The fourth-order valence-corrected chi connectivity index (χ4v) is 4.68. The van der Waals surface area contributed by atoms with Crippen molar-refractivity contribution in [2.45, 2.75) is 51.1 Å². The van der Waals surface area contributed by atoms with Gasteiger partial charge >= 0.3 is 0 Å². The Bertz CT molecular complexity index is 1340. The highest BCUT2D eigenvalue weighted by atomic mass is 16.2. The van der Waals surface area contributed by atoms with E-state index in [2.05, 4.69) is 27.9 Å². The molecule has 1 saturated heterocycles. The van der Waals surface area contributed by atoms with E-state index in [1.807, 2.05) is 45.0 Å². The van der Waals surface area contributed by atoms with Gasteiger partial charge in [0.1, 0.15) is 5.65 Å². The Morgan fingerprint density at radius 3 is 2.46 bits per heavy atom. The number of nitriles is 1. The van der Waals surface area contributed by atoms with Crippen molar-refractivity contribution in [3.8, 4) is 6.07 Å². The molecular weight excluding hydrogens is 440 g/mol. The smallest absolute Gasteiger partial charge is 0.252 e. The summed E-state index contributed by atoms with van der Waals surface area (Å²) in [5.74, 6) is 0.356. The molecule has 35 heavy (non-hydrogen) atoms. The first-order chi connectivity index (χ1) is 16.8. The Morgan fingerprint density at radius 2 is 1.86 bits per heavy atom. The number of piperidine rings is 1. The van der Waals surface area contributed by atoms with E-state index in [0.29, 0.717) is 37.5 Å². The molecule has 1 aromatic carbocycles. The second kappa shape index (κ2) is 9.71. The molecule has 1 N–H and O–H groups in total. The van der Waals surface area contributed by atoms with E-state index >= 15 is 0 Å². The number of fused-ring (bicyclic) bond motifs is 1. The number of amides is 1. The van der Waals surface area contributed by atoms with Crippen molar-refractivity contribution in [2.24, 2.45) is 0 Å². The molecular formula is C27H30N6O2. The van der Waals surface area contributed by atoms with Gasteiger partial charge < -0.3 is 10.2 Å².